The van der Waals surface area contributed by atoms with Crippen LogP contribution in [0.5, 0.6) is 5.75 Å². The summed E-state index contributed by atoms with van der Waals surface area (Å²) in [5.74, 6) is 1.84. The Hall–Kier alpha value is -1.75. The number of hydrogen-bond donors (Lipinski definition) is 1. The maximum Gasteiger partial charge on any atom is 0.193 e. The van der Waals surface area contributed by atoms with Crippen molar-refractivity contribution in [3.63, 3.8) is 0 Å². The Kier molecular flexibility index (Phi) is 10.7. The van der Waals surface area contributed by atoms with Crippen LogP contribution < -0.4 is 10.1 Å². The molecule has 0 fully saturated rings. The summed E-state index contributed by atoms with van der Waals surface area (Å²) < 4.78 is 10.8. The van der Waals surface area contributed by atoms with Gasteiger partial charge in [-0.2, -0.15) is 0 Å². The molecule has 1 rings (SSSR count). The first-order chi connectivity index (χ1) is 11.3. The molecule has 0 bridgehead atoms. The fourth-order valence-corrected chi connectivity index (χ4v) is 2.11. The van der Waals surface area contributed by atoms with E-state index in [1.165, 1.54) is 0 Å². The zero-order chi connectivity index (χ0) is 16.8. The molecule has 23 heavy (non-hydrogen) atoms. The summed E-state index contributed by atoms with van der Waals surface area (Å²) in [6.07, 6.45) is 3.34. The zero-order valence-electron chi connectivity index (χ0n) is 14.8. The summed E-state index contributed by atoms with van der Waals surface area (Å²) in [5.41, 5.74) is 0. The fraction of sp³-hybridized carbons (Fsp3) is 0.611. The van der Waals surface area contributed by atoms with Crippen LogP contribution in [0.25, 0.3) is 0 Å². The number of para-hydroxylation sites is 1. The van der Waals surface area contributed by atoms with E-state index >= 15 is 0 Å². The van der Waals surface area contributed by atoms with Gasteiger partial charge in [-0.25, -0.2) is 0 Å². The highest BCUT2D eigenvalue weighted by Gasteiger charge is 2.05. The van der Waals surface area contributed by atoms with Gasteiger partial charge in [-0.1, -0.05) is 18.2 Å². The summed E-state index contributed by atoms with van der Waals surface area (Å²) in [5, 5.41) is 3.33. The molecule has 0 heterocycles. The van der Waals surface area contributed by atoms with Crippen molar-refractivity contribution in [3.05, 3.63) is 30.3 Å². The molecular formula is C18H31N3O2. The predicted octanol–water partition coefficient (Wildman–Crippen LogP) is 2.78. The highest BCUT2D eigenvalue weighted by Crippen LogP contribution is 2.07. The van der Waals surface area contributed by atoms with Gasteiger partial charge in [-0.05, 0) is 38.3 Å². The van der Waals surface area contributed by atoms with Crippen LogP contribution in [0, 0.1) is 0 Å². The molecule has 0 aliphatic carbocycles. The van der Waals surface area contributed by atoms with Gasteiger partial charge >= 0.3 is 0 Å². The second kappa shape index (κ2) is 12.8. The average Bonchev–Trinajstić information content (AvgIpc) is 2.58. The van der Waals surface area contributed by atoms with Gasteiger partial charge in [0, 0.05) is 33.9 Å². The van der Waals surface area contributed by atoms with Gasteiger partial charge in [0.2, 0.25) is 0 Å². The molecule has 1 aromatic carbocycles. The standard InChI is InChI=1S/C18H31N3O2/c1-4-19-18(20-13-9-6-10-15-22-3)21(2)14-16-23-17-11-7-5-8-12-17/h5,7-8,11-12H,4,6,9-10,13-16H2,1-3H3,(H,19,20). The Morgan fingerprint density at radius 1 is 1.13 bits per heavy atom. The van der Waals surface area contributed by atoms with Gasteiger partial charge in [-0.3, -0.25) is 4.99 Å². The molecule has 0 saturated carbocycles. The Bertz CT molecular complexity index is 424. The Morgan fingerprint density at radius 3 is 2.61 bits per heavy atom. The third kappa shape index (κ3) is 9.08. The quantitative estimate of drug-likeness (QED) is 0.387. The van der Waals surface area contributed by atoms with Crippen molar-refractivity contribution in [1.29, 1.82) is 0 Å². The summed E-state index contributed by atoms with van der Waals surface area (Å²) in [7, 11) is 3.79. The van der Waals surface area contributed by atoms with E-state index in [1.54, 1.807) is 7.11 Å². The second-order valence-electron chi connectivity index (χ2n) is 5.37. The molecule has 0 aliphatic heterocycles. The number of aliphatic imine (C=N–C) groups is 1. The third-order valence-electron chi connectivity index (χ3n) is 3.40. The number of nitrogens with one attached hydrogen (secondary N) is 1. The second-order valence-corrected chi connectivity index (χ2v) is 5.37. The topological polar surface area (TPSA) is 46.1 Å². The van der Waals surface area contributed by atoms with Crippen LogP contribution in [0.4, 0.5) is 0 Å². The third-order valence-corrected chi connectivity index (χ3v) is 3.40. The van der Waals surface area contributed by atoms with E-state index in [0.29, 0.717) is 6.61 Å². The van der Waals surface area contributed by atoms with Crippen molar-refractivity contribution in [2.24, 2.45) is 4.99 Å². The normalized spacial score (nSPS) is 11.3. The van der Waals surface area contributed by atoms with Crippen LogP contribution in [0.2, 0.25) is 0 Å². The number of benzene rings is 1. The first-order valence-electron chi connectivity index (χ1n) is 8.44. The molecule has 0 unspecified atom stereocenters. The summed E-state index contributed by atoms with van der Waals surface area (Å²) in [6.45, 7) is 6.06. The SMILES string of the molecule is CCNC(=NCCCCCOC)N(C)CCOc1ccccc1. The number of likely N-dealkylation sites (N-methyl/N-ethyl adjacent to an activating group) is 1. The molecule has 1 aromatic rings. The first kappa shape index (κ1) is 19.3. The highest BCUT2D eigenvalue weighted by molar-refractivity contribution is 5.79. The molecule has 130 valence electrons. The zero-order valence-corrected chi connectivity index (χ0v) is 14.8. The number of methoxy groups -OCH3 is 1. The van der Waals surface area contributed by atoms with E-state index in [0.717, 1.165) is 57.2 Å². The van der Waals surface area contributed by atoms with Gasteiger partial charge in [0.15, 0.2) is 5.96 Å². The molecule has 1 N–H and O–H groups in total. The predicted molar refractivity (Wildman–Crippen MR) is 96.3 cm³/mol. The lowest BCUT2D eigenvalue weighted by Gasteiger charge is -2.22. The van der Waals surface area contributed by atoms with Crippen molar-refractivity contribution in [3.8, 4) is 5.75 Å². The Balaban J connectivity index is 2.30. The van der Waals surface area contributed by atoms with Crippen LogP contribution in [-0.2, 0) is 4.74 Å². The van der Waals surface area contributed by atoms with Crippen LogP contribution in [0.15, 0.2) is 35.3 Å². The number of guanidine groups is 1. The number of unbranched alkanes of at least 4 members (excludes halogenated alkanes) is 2. The average molecular weight is 321 g/mol. The van der Waals surface area contributed by atoms with E-state index in [9.17, 15) is 0 Å². The lowest BCUT2D eigenvalue weighted by atomic mass is 10.2. The van der Waals surface area contributed by atoms with Crippen LogP contribution in [-0.4, -0.2) is 57.9 Å². The van der Waals surface area contributed by atoms with Gasteiger partial charge in [-0.15, -0.1) is 0 Å². The van der Waals surface area contributed by atoms with Crippen molar-refractivity contribution >= 4 is 5.96 Å². The molecule has 0 spiro atoms. The minimum Gasteiger partial charge on any atom is -0.492 e. The molecule has 5 nitrogen and oxygen atoms in total. The maximum atomic E-state index is 5.74. The van der Waals surface area contributed by atoms with Crippen LogP contribution >= 0.6 is 0 Å². The molecule has 5 heteroatoms. The van der Waals surface area contributed by atoms with Gasteiger partial charge in [0.1, 0.15) is 12.4 Å². The molecule has 0 amide bonds. The van der Waals surface area contributed by atoms with Gasteiger partial charge in [0.05, 0.1) is 6.54 Å². The van der Waals surface area contributed by atoms with Crippen LogP contribution in [0.3, 0.4) is 0 Å². The molecule has 0 saturated heterocycles. The summed E-state index contributed by atoms with van der Waals surface area (Å²) in [4.78, 5) is 6.78. The molecular weight excluding hydrogens is 290 g/mol. The van der Waals surface area contributed by atoms with Crippen LogP contribution in [0.1, 0.15) is 26.2 Å². The number of rotatable bonds is 11. The molecule has 0 aromatic heterocycles. The van der Waals surface area contributed by atoms with Gasteiger partial charge < -0.3 is 19.7 Å². The smallest absolute Gasteiger partial charge is 0.193 e. The van der Waals surface area contributed by atoms with Crippen molar-refractivity contribution < 1.29 is 9.47 Å². The lowest BCUT2D eigenvalue weighted by Crippen LogP contribution is -2.41. The number of hydrogen-bond acceptors (Lipinski definition) is 3. The minimum absolute atomic E-state index is 0.638. The lowest BCUT2D eigenvalue weighted by molar-refractivity contribution is 0.192. The largest absolute Gasteiger partial charge is 0.492 e. The fourth-order valence-electron chi connectivity index (χ4n) is 2.11. The van der Waals surface area contributed by atoms with E-state index in [1.807, 2.05) is 37.4 Å². The van der Waals surface area contributed by atoms with E-state index in [4.69, 9.17) is 9.47 Å². The highest BCUT2D eigenvalue weighted by atomic mass is 16.5. The maximum absolute atomic E-state index is 5.74. The number of nitrogens with zero attached hydrogens (tertiary/aromatic N) is 2. The summed E-state index contributed by atoms with van der Waals surface area (Å²) >= 11 is 0. The summed E-state index contributed by atoms with van der Waals surface area (Å²) in [6, 6.07) is 9.89. The van der Waals surface area contributed by atoms with E-state index in [-0.39, 0.29) is 0 Å². The van der Waals surface area contributed by atoms with Crippen molar-refractivity contribution in [2.45, 2.75) is 26.2 Å². The Labute approximate surface area is 140 Å². The minimum atomic E-state index is 0.638. The molecule has 0 aliphatic rings. The number of ether oxygens (including phenoxy) is 2. The van der Waals surface area contributed by atoms with E-state index < -0.39 is 0 Å². The monoisotopic (exact) mass is 321 g/mol. The first-order valence-corrected chi connectivity index (χ1v) is 8.44. The van der Waals surface area contributed by atoms with Crippen molar-refractivity contribution in [1.82, 2.24) is 10.2 Å². The van der Waals surface area contributed by atoms with Crippen molar-refractivity contribution in [2.75, 3.05) is 47.0 Å². The van der Waals surface area contributed by atoms with E-state index in [2.05, 4.69) is 22.1 Å². The van der Waals surface area contributed by atoms with Gasteiger partial charge in [0.25, 0.3) is 0 Å². The molecule has 0 radical (unpaired) electrons. The molecule has 0 atom stereocenters. The Morgan fingerprint density at radius 2 is 1.91 bits per heavy atom.